The lowest BCUT2D eigenvalue weighted by Gasteiger charge is -2.23. The van der Waals surface area contributed by atoms with Gasteiger partial charge in [-0.25, -0.2) is 0 Å². The lowest BCUT2D eigenvalue weighted by molar-refractivity contribution is -0.119. The van der Waals surface area contributed by atoms with E-state index in [0.29, 0.717) is 36.9 Å². The largest absolute Gasteiger partial charge is 0.375 e. The highest BCUT2D eigenvalue weighted by Gasteiger charge is 2.23. The van der Waals surface area contributed by atoms with Crippen molar-refractivity contribution in [3.05, 3.63) is 29.8 Å². The van der Waals surface area contributed by atoms with Gasteiger partial charge in [-0.15, -0.1) is 0 Å². The molecule has 118 valence electrons. The van der Waals surface area contributed by atoms with Crippen LogP contribution in [0, 0.1) is 0 Å². The second-order valence-corrected chi connectivity index (χ2v) is 5.77. The van der Waals surface area contributed by atoms with Crippen molar-refractivity contribution in [2.24, 2.45) is 0 Å². The Morgan fingerprint density at radius 1 is 1.23 bits per heavy atom. The Bertz CT molecular complexity index is 534. The fourth-order valence-electron chi connectivity index (χ4n) is 2.37. The molecular weight excluding hydrogens is 282 g/mol. The quantitative estimate of drug-likeness (QED) is 0.755. The van der Waals surface area contributed by atoms with Crippen LogP contribution >= 0.6 is 0 Å². The topological polar surface area (TPSA) is 79.5 Å². The van der Waals surface area contributed by atoms with Gasteiger partial charge in [-0.05, 0) is 37.1 Å². The van der Waals surface area contributed by atoms with Gasteiger partial charge in [0.1, 0.15) is 0 Å². The maximum atomic E-state index is 12.0. The average Bonchev–Trinajstić information content (AvgIpc) is 3.33. The fourth-order valence-corrected chi connectivity index (χ4v) is 2.37. The molecule has 6 nitrogen and oxygen atoms in total. The number of hydrogen-bond donors (Lipinski definition) is 3. The summed E-state index contributed by atoms with van der Waals surface area (Å²) in [5.74, 6) is -0.133. The van der Waals surface area contributed by atoms with Crippen molar-refractivity contribution in [1.82, 2.24) is 10.6 Å². The van der Waals surface area contributed by atoms with Crippen molar-refractivity contribution >= 4 is 17.5 Å². The van der Waals surface area contributed by atoms with Crippen LogP contribution in [0.3, 0.4) is 0 Å². The van der Waals surface area contributed by atoms with Crippen LogP contribution in [0.4, 0.5) is 5.69 Å². The Morgan fingerprint density at radius 3 is 2.64 bits per heavy atom. The first kappa shape index (κ1) is 15.0. The second kappa shape index (κ2) is 6.89. The van der Waals surface area contributed by atoms with Crippen LogP contribution in [0.5, 0.6) is 0 Å². The number of rotatable bonds is 5. The molecule has 1 saturated heterocycles. The van der Waals surface area contributed by atoms with Crippen molar-refractivity contribution in [3.63, 3.8) is 0 Å². The molecule has 2 fully saturated rings. The number of ether oxygens (including phenoxy) is 1. The molecule has 1 aromatic rings. The number of anilines is 1. The molecule has 1 aliphatic heterocycles. The minimum absolute atomic E-state index is 0.0537. The van der Waals surface area contributed by atoms with Gasteiger partial charge in [0.2, 0.25) is 5.91 Å². The zero-order valence-electron chi connectivity index (χ0n) is 12.4. The van der Waals surface area contributed by atoms with Crippen LogP contribution in [0.2, 0.25) is 0 Å². The number of benzene rings is 1. The van der Waals surface area contributed by atoms with E-state index in [0.717, 1.165) is 19.4 Å². The Balaban J connectivity index is 1.49. The van der Waals surface area contributed by atoms with E-state index in [1.165, 1.54) is 0 Å². The molecule has 2 amide bonds. The van der Waals surface area contributed by atoms with E-state index in [-0.39, 0.29) is 17.9 Å². The SMILES string of the molecule is O=C(CC1CNCCO1)Nc1ccc(C(=O)NC2CC2)cc1. The minimum atomic E-state index is -0.0797. The second-order valence-electron chi connectivity index (χ2n) is 5.77. The van der Waals surface area contributed by atoms with Crippen LogP contribution in [-0.4, -0.2) is 43.7 Å². The summed E-state index contributed by atoms with van der Waals surface area (Å²) in [5.41, 5.74) is 1.31. The van der Waals surface area contributed by atoms with E-state index in [4.69, 9.17) is 4.74 Å². The smallest absolute Gasteiger partial charge is 0.251 e. The van der Waals surface area contributed by atoms with Gasteiger partial charge in [-0.3, -0.25) is 9.59 Å². The highest BCUT2D eigenvalue weighted by molar-refractivity contribution is 5.96. The van der Waals surface area contributed by atoms with Gasteiger partial charge in [0.15, 0.2) is 0 Å². The van der Waals surface area contributed by atoms with Gasteiger partial charge < -0.3 is 20.7 Å². The summed E-state index contributed by atoms with van der Waals surface area (Å²) in [4.78, 5) is 23.8. The number of nitrogens with one attached hydrogen (secondary N) is 3. The Labute approximate surface area is 129 Å². The summed E-state index contributed by atoms with van der Waals surface area (Å²) in [6.07, 6.45) is 2.39. The lowest BCUT2D eigenvalue weighted by atomic mass is 10.1. The molecule has 3 N–H and O–H groups in total. The first-order valence-corrected chi connectivity index (χ1v) is 7.74. The number of amides is 2. The standard InChI is InChI=1S/C16H21N3O3/c20-15(9-14-10-17-7-8-22-14)18-12-3-1-11(2-4-12)16(21)19-13-5-6-13/h1-4,13-14,17H,5-10H2,(H,18,20)(H,19,21). The molecule has 22 heavy (non-hydrogen) atoms. The molecule has 1 heterocycles. The normalized spacial score (nSPS) is 21.2. The van der Waals surface area contributed by atoms with Crippen LogP contribution in [0.1, 0.15) is 29.6 Å². The summed E-state index contributed by atoms with van der Waals surface area (Å²) < 4.78 is 5.50. The highest BCUT2D eigenvalue weighted by atomic mass is 16.5. The third kappa shape index (κ3) is 4.29. The molecule has 2 aliphatic rings. The number of morpholine rings is 1. The van der Waals surface area contributed by atoms with Gasteiger partial charge in [0, 0.05) is 30.4 Å². The highest BCUT2D eigenvalue weighted by Crippen LogP contribution is 2.19. The molecule has 1 aliphatic carbocycles. The zero-order valence-corrected chi connectivity index (χ0v) is 12.4. The maximum Gasteiger partial charge on any atom is 0.251 e. The van der Waals surface area contributed by atoms with Crippen LogP contribution in [0.25, 0.3) is 0 Å². The fraction of sp³-hybridized carbons (Fsp3) is 0.500. The van der Waals surface area contributed by atoms with Crippen LogP contribution in [0.15, 0.2) is 24.3 Å². The van der Waals surface area contributed by atoms with Crippen LogP contribution < -0.4 is 16.0 Å². The summed E-state index contributed by atoms with van der Waals surface area (Å²) >= 11 is 0. The Hall–Kier alpha value is -1.92. The number of carbonyl (C=O) groups excluding carboxylic acids is 2. The molecular formula is C16H21N3O3. The summed E-state index contributed by atoms with van der Waals surface area (Å²) in [7, 11) is 0. The summed E-state index contributed by atoms with van der Waals surface area (Å²) in [5, 5.41) is 8.96. The molecule has 1 unspecified atom stereocenters. The van der Waals surface area contributed by atoms with Crippen molar-refractivity contribution in [1.29, 1.82) is 0 Å². The van der Waals surface area contributed by atoms with E-state index < -0.39 is 0 Å². The maximum absolute atomic E-state index is 12.0. The Morgan fingerprint density at radius 2 is 2.00 bits per heavy atom. The van der Waals surface area contributed by atoms with Crippen molar-refractivity contribution < 1.29 is 14.3 Å². The molecule has 0 radical (unpaired) electrons. The van der Waals surface area contributed by atoms with Gasteiger partial charge in [0.05, 0.1) is 19.1 Å². The predicted octanol–water partition coefficient (Wildman–Crippen LogP) is 0.896. The zero-order chi connectivity index (χ0) is 15.4. The summed E-state index contributed by atoms with van der Waals surface area (Å²) in [6.45, 7) is 2.18. The van der Waals surface area contributed by atoms with E-state index in [9.17, 15) is 9.59 Å². The molecule has 6 heteroatoms. The molecule has 0 bridgehead atoms. The average molecular weight is 303 g/mol. The van der Waals surface area contributed by atoms with E-state index in [2.05, 4.69) is 16.0 Å². The molecule has 0 aromatic heterocycles. The molecule has 1 aromatic carbocycles. The minimum Gasteiger partial charge on any atom is -0.375 e. The van der Waals surface area contributed by atoms with Gasteiger partial charge in [0.25, 0.3) is 5.91 Å². The Kier molecular flexibility index (Phi) is 4.70. The van der Waals surface area contributed by atoms with E-state index in [1.807, 2.05) is 0 Å². The van der Waals surface area contributed by atoms with Crippen molar-refractivity contribution in [2.75, 3.05) is 25.0 Å². The first-order chi connectivity index (χ1) is 10.7. The molecule has 0 spiro atoms. The number of hydrogen-bond acceptors (Lipinski definition) is 4. The molecule has 3 rings (SSSR count). The van der Waals surface area contributed by atoms with Gasteiger partial charge >= 0.3 is 0 Å². The van der Waals surface area contributed by atoms with Crippen molar-refractivity contribution in [2.45, 2.75) is 31.4 Å². The lowest BCUT2D eigenvalue weighted by Crippen LogP contribution is -2.40. The van der Waals surface area contributed by atoms with E-state index in [1.54, 1.807) is 24.3 Å². The third-order valence-electron chi connectivity index (χ3n) is 3.76. The molecule has 1 atom stereocenters. The number of carbonyl (C=O) groups is 2. The third-order valence-corrected chi connectivity index (χ3v) is 3.76. The predicted molar refractivity (Wildman–Crippen MR) is 82.8 cm³/mol. The van der Waals surface area contributed by atoms with E-state index >= 15 is 0 Å². The van der Waals surface area contributed by atoms with Crippen molar-refractivity contribution in [3.8, 4) is 0 Å². The first-order valence-electron chi connectivity index (χ1n) is 7.74. The van der Waals surface area contributed by atoms with Gasteiger partial charge in [-0.2, -0.15) is 0 Å². The summed E-state index contributed by atoms with van der Waals surface area (Å²) in [6, 6.07) is 7.30. The monoisotopic (exact) mass is 303 g/mol. The van der Waals surface area contributed by atoms with Gasteiger partial charge in [-0.1, -0.05) is 0 Å². The molecule has 1 saturated carbocycles. The van der Waals surface area contributed by atoms with Crippen LogP contribution in [-0.2, 0) is 9.53 Å².